The molecule has 0 N–H and O–H groups in total. The maximum absolute atomic E-state index is 8.30. The summed E-state index contributed by atoms with van der Waals surface area (Å²) in [6.45, 7) is 5.82. The van der Waals surface area contributed by atoms with Crippen molar-refractivity contribution < 1.29 is 0 Å². The zero-order valence-electron chi connectivity index (χ0n) is 8.17. The fourth-order valence-electron chi connectivity index (χ4n) is 1.02. The molecule has 0 heterocycles. The predicted octanol–water partition coefficient (Wildman–Crippen LogP) is 2.98. The van der Waals surface area contributed by atoms with Crippen LogP contribution in [0.15, 0.2) is 30.8 Å². The number of rotatable bonds is 1. The zero-order valence-corrected chi connectivity index (χ0v) is 8.17. The Morgan fingerprint density at radius 3 is 2.50 bits per heavy atom. The topological polar surface area (TPSA) is 23.8 Å². The second-order valence-corrected chi connectivity index (χ2v) is 2.99. The van der Waals surface area contributed by atoms with Crippen LogP contribution >= 0.6 is 0 Å². The number of hydrogen-bond acceptors (Lipinski definition) is 1. The summed E-state index contributed by atoms with van der Waals surface area (Å²) in [4.78, 5) is 0. The van der Waals surface area contributed by atoms with E-state index in [1.807, 2.05) is 37.3 Å². The van der Waals surface area contributed by atoms with Gasteiger partial charge in [0, 0.05) is 5.56 Å². The fourth-order valence-corrected chi connectivity index (χ4v) is 1.02. The molecule has 0 amide bonds. The number of nitriles is 1. The monoisotopic (exact) mass is 181 g/mol. The molecule has 0 saturated carbocycles. The van der Waals surface area contributed by atoms with E-state index in [1.54, 1.807) is 0 Å². The highest BCUT2D eigenvalue weighted by atomic mass is 14.2. The minimum atomic E-state index is 0.280. The number of hydrogen-bond donors (Lipinski definition) is 0. The SMILES string of the molecule is C=C(C)c1ccc(C#CCC#N)cc1. The number of allylic oxidation sites excluding steroid dienone is 1. The molecule has 1 aromatic carbocycles. The second-order valence-electron chi connectivity index (χ2n) is 2.99. The summed E-state index contributed by atoms with van der Waals surface area (Å²) in [5.74, 6) is 5.68. The summed E-state index contributed by atoms with van der Waals surface area (Å²) in [5, 5.41) is 8.30. The van der Waals surface area contributed by atoms with Crippen molar-refractivity contribution in [2.45, 2.75) is 13.3 Å². The third kappa shape index (κ3) is 2.81. The van der Waals surface area contributed by atoms with Gasteiger partial charge in [-0.2, -0.15) is 5.26 Å². The Labute approximate surface area is 84.7 Å². The Kier molecular flexibility index (Phi) is 3.53. The summed E-state index contributed by atoms with van der Waals surface area (Å²) in [6, 6.07) is 9.83. The van der Waals surface area contributed by atoms with Crippen LogP contribution in [0.1, 0.15) is 24.5 Å². The van der Waals surface area contributed by atoms with Crippen LogP contribution < -0.4 is 0 Å². The van der Waals surface area contributed by atoms with Crippen molar-refractivity contribution in [2.75, 3.05) is 0 Å². The van der Waals surface area contributed by atoms with Crippen LogP contribution in [0.5, 0.6) is 0 Å². The van der Waals surface area contributed by atoms with Crippen LogP contribution in [0.3, 0.4) is 0 Å². The molecule has 0 aromatic heterocycles. The molecular formula is C13H11N. The highest BCUT2D eigenvalue weighted by Crippen LogP contribution is 2.11. The average Bonchev–Trinajstić information content (AvgIpc) is 2.19. The van der Waals surface area contributed by atoms with Crippen molar-refractivity contribution in [3.8, 4) is 17.9 Å². The molecule has 1 nitrogen and oxygen atoms in total. The molecule has 0 atom stereocenters. The smallest absolute Gasteiger partial charge is 0.0966 e. The molecule has 0 fully saturated rings. The van der Waals surface area contributed by atoms with E-state index >= 15 is 0 Å². The molecule has 1 aromatic rings. The van der Waals surface area contributed by atoms with E-state index in [4.69, 9.17) is 5.26 Å². The Balaban J connectivity index is 2.81. The van der Waals surface area contributed by atoms with Gasteiger partial charge in [0.05, 0.1) is 12.5 Å². The van der Waals surface area contributed by atoms with Gasteiger partial charge >= 0.3 is 0 Å². The maximum Gasteiger partial charge on any atom is 0.0966 e. The first-order chi connectivity index (χ1) is 6.74. The molecular weight excluding hydrogens is 170 g/mol. The predicted molar refractivity (Wildman–Crippen MR) is 58.3 cm³/mol. The molecule has 1 heteroatoms. The largest absolute Gasteiger partial charge is 0.197 e. The standard InChI is InChI=1S/C13H11N/c1-11(2)13-8-6-12(7-9-13)5-3-4-10-14/h6-9H,1,4H2,2H3. The van der Waals surface area contributed by atoms with Crippen LogP contribution in [0.4, 0.5) is 0 Å². The number of benzene rings is 1. The fraction of sp³-hybridized carbons (Fsp3) is 0.154. The van der Waals surface area contributed by atoms with E-state index in [1.165, 1.54) is 0 Å². The molecule has 0 unspecified atom stereocenters. The second kappa shape index (κ2) is 4.90. The maximum atomic E-state index is 8.30. The van der Waals surface area contributed by atoms with Crippen molar-refractivity contribution >= 4 is 5.57 Å². The Morgan fingerprint density at radius 2 is 2.00 bits per heavy atom. The van der Waals surface area contributed by atoms with Gasteiger partial charge in [0.25, 0.3) is 0 Å². The van der Waals surface area contributed by atoms with Crippen molar-refractivity contribution in [3.63, 3.8) is 0 Å². The van der Waals surface area contributed by atoms with Crippen molar-refractivity contribution in [1.29, 1.82) is 5.26 Å². The molecule has 14 heavy (non-hydrogen) atoms. The molecule has 1 rings (SSSR count). The molecule has 0 bridgehead atoms. The van der Waals surface area contributed by atoms with Crippen LogP contribution in [-0.2, 0) is 0 Å². The van der Waals surface area contributed by atoms with Gasteiger partial charge in [0.1, 0.15) is 0 Å². The lowest BCUT2D eigenvalue weighted by atomic mass is 10.1. The first-order valence-electron chi connectivity index (χ1n) is 4.36. The van der Waals surface area contributed by atoms with Crippen LogP contribution in [-0.4, -0.2) is 0 Å². The summed E-state index contributed by atoms with van der Waals surface area (Å²) < 4.78 is 0. The van der Waals surface area contributed by atoms with Crippen LogP contribution in [0, 0.1) is 23.2 Å². The third-order valence-corrected chi connectivity index (χ3v) is 1.78. The summed E-state index contributed by atoms with van der Waals surface area (Å²) in [5.41, 5.74) is 3.10. The molecule has 0 aliphatic heterocycles. The highest BCUT2D eigenvalue weighted by molar-refractivity contribution is 5.61. The van der Waals surface area contributed by atoms with E-state index in [0.717, 1.165) is 16.7 Å². The molecule has 0 spiro atoms. The highest BCUT2D eigenvalue weighted by Gasteiger charge is 1.91. The molecule has 0 aliphatic carbocycles. The van der Waals surface area contributed by atoms with Gasteiger partial charge in [-0.1, -0.05) is 36.1 Å². The number of nitrogens with zero attached hydrogens (tertiary/aromatic N) is 1. The van der Waals surface area contributed by atoms with Crippen LogP contribution in [0.25, 0.3) is 5.57 Å². The van der Waals surface area contributed by atoms with E-state index in [0.29, 0.717) is 0 Å². The van der Waals surface area contributed by atoms with E-state index in [-0.39, 0.29) is 6.42 Å². The van der Waals surface area contributed by atoms with E-state index in [9.17, 15) is 0 Å². The van der Waals surface area contributed by atoms with Gasteiger partial charge in [0.15, 0.2) is 0 Å². The first kappa shape index (κ1) is 10.1. The van der Waals surface area contributed by atoms with Gasteiger partial charge in [-0.3, -0.25) is 0 Å². The van der Waals surface area contributed by atoms with Gasteiger partial charge in [0.2, 0.25) is 0 Å². The summed E-state index contributed by atoms with van der Waals surface area (Å²) >= 11 is 0. The normalized spacial score (nSPS) is 8.29. The van der Waals surface area contributed by atoms with Gasteiger partial charge in [-0.05, 0) is 24.6 Å². The Hall–Kier alpha value is -1.99. The van der Waals surface area contributed by atoms with Gasteiger partial charge in [-0.15, -0.1) is 0 Å². The van der Waals surface area contributed by atoms with Crippen molar-refractivity contribution in [3.05, 3.63) is 42.0 Å². The molecule has 0 saturated heterocycles. The lowest BCUT2D eigenvalue weighted by Gasteiger charge is -1.97. The van der Waals surface area contributed by atoms with Gasteiger partial charge in [-0.25, -0.2) is 0 Å². The van der Waals surface area contributed by atoms with Crippen molar-refractivity contribution in [2.24, 2.45) is 0 Å². The molecule has 68 valence electrons. The quantitative estimate of drug-likeness (QED) is 0.611. The molecule has 0 aliphatic rings. The van der Waals surface area contributed by atoms with E-state index in [2.05, 4.69) is 18.4 Å². The van der Waals surface area contributed by atoms with Crippen molar-refractivity contribution in [1.82, 2.24) is 0 Å². The third-order valence-electron chi connectivity index (χ3n) is 1.78. The average molecular weight is 181 g/mol. The van der Waals surface area contributed by atoms with Crippen LogP contribution in [0.2, 0.25) is 0 Å². The summed E-state index contributed by atoms with van der Waals surface area (Å²) in [6.07, 6.45) is 0.280. The summed E-state index contributed by atoms with van der Waals surface area (Å²) in [7, 11) is 0. The minimum absolute atomic E-state index is 0.280. The zero-order chi connectivity index (χ0) is 10.4. The van der Waals surface area contributed by atoms with E-state index < -0.39 is 0 Å². The lowest BCUT2D eigenvalue weighted by Crippen LogP contribution is -1.78. The lowest BCUT2D eigenvalue weighted by molar-refractivity contribution is 1.39. The molecule has 0 radical (unpaired) electrons. The Bertz CT molecular complexity index is 421. The first-order valence-corrected chi connectivity index (χ1v) is 4.36. The minimum Gasteiger partial charge on any atom is -0.197 e. The Morgan fingerprint density at radius 1 is 1.36 bits per heavy atom. The van der Waals surface area contributed by atoms with Gasteiger partial charge < -0.3 is 0 Å².